The summed E-state index contributed by atoms with van der Waals surface area (Å²) in [5.41, 5.74) is 4.67. The second-order valence-electron chi connectivity index (χ2n) is 11.9. The molecule has 1 unspecified atom stereocenters. The molecule has 3 aliphatic rings. The smallest absolute Gasteiger partial charge is 0.262 e. The van der Waals surface area contributed by atoms with Gasteiger partial charge in [-0.05, 0) is 47.9 Å². The fourth-order valence-corrected chi connectivity index (χ4v) is 7.23. The zero-order valence-corrected chi connectivity index (χ0v) is 27.6. The minimum atomic E-state index is -0.635. The first-order valence-electron chi connectivity index (χ1n) is 15.4. The highest BCUT2D eigenvalue weighted by molar-refractivity contribution is 9.10. The minimum absolute atomic E-state index is 0.176. The van der Waals surface area contributed by atoms with Gasteiger partial charge in [0.2, 0.25) is 11.8 Å². The molecule has 1 aromatic heterocycles. The lowest BCUT2D eigenvalue weighted by Gasteiger charge is -2.36. The molecule has 2 fully saturated rings. The number of rotatable bonds is 7. The molecular formula is C34H33BrN6O6. The number of hydrogen-bond acceptors (Lipinski definition) is 9. The zero-order valence-electron chi connectivity index (χ0n) is 26.0. The maximum Gasteiger partial charge on any atom is 0.262 e. The number of aromatic amines is 1. The number of H-pyrrole nitrogens is 1. The summed E-state index contributed by atoms with van der Waals surface area (Å²) in [7, 11) is 3.07. The molecule has 3 aliphatic heterocycles. The van der Waals surface area contributed by atoms with Gasteiger partial charge in [-0.25, -0.2) is 4.98 Å². The van der Waals surface area contributed by atoms with Gasteiger partial charge in [0.15, 0.2) is 0 Å². The maximum atomic E-state index is 13.2. The van der Waals surface area contributed by atoms with Gasteiger partial charge >= 0.3 is 0 Å². The molecule has 0 aliphatic carbocycles. The van der Waals surface area contributed by atoms with Gasteiger partial charge in [0, 0.05) is 79.1 Å². The van der Waals surface area contributed by atoms with Crippen molar-refractivity contribution in [1.29, 1.82) is 0 Å². The molecule has 3 aromatic carbocycles. The van der Waals surface area contributed by atoms with Crippen LogP contribution < -0.4 is 25.2 Å². The molecule has 242 valence electrons. The lowest BCUT2D eigenvalue weighted by atomic mass is 10.0. The number of halogens is 1. The molecule has 4 heterocycles. The van der Waals surface area contributed by atoms with E-state index in [4.69, 9.17) is 14.5 Å². The highest BCUT2D eigenvalue weighted by Gasteiger charge is 2.40. The first-order valence-corrected chi connectivity index (χ1v) is 16.2. The van der Waals surface area contributed by atoms with E-state index in [0.717, 1.165) is 59.6 Å². The van der Waals surface area contributed by atoms with E-state index in [-0.39, 0.29) is 23.8 Å². The number of carbonyl (C=O) groups excluding carboxylic acids is 3. The second kappa shape index (κ2) is 12.5. The number of nitrogens with one attached hydrogen (secondary N) is 2. The molecule has 3 amide bonds. The first-order chi connectivity index (χ1) is 22.7. The Balaban J connectivity index is 1.00. The largest absolute Gasteiger partial charge is 0.497 e. The lowest BCUT2D eigenvalue weighted by Crippen LogP contribution is -2.52. The molecule has 0 saturated carbocycles. The normalized spacial score (nSPS) is 18.4. The fraction of sp³-hybridized carbons (Fsp3) is 0.324. The number of carbonyl (C=O) groups is 3. The van der Waals surface area contributed by atoms with Crippen LogP contribution in [0.25, 0.3) is 22.3 Å². The average molecular weight is 702 g/mol. The van der Waals surface area contributed by atoms with Crippen molar-refractivity contribution < 1.29 is 23.9 Å². The Labute approximate surface area is 278 Å². The third-order valence-electron chi connectivity index (χ3n) is 9.20. The van der Waals surface area contributed by atoms with Gasteiger partial charge in [-0.2, -0.15) is 0 Å². The summed E-state index contributed by atoms with van der Waals surface area (Å²) < 4.78 is 11.6. The van der Waals surface area contributed by atoms with Crippen molar-refractivity contribution in [2.24, 2.45) is 0 Å². The Morgan fingerprint density at radius 3 is 2.43 bits per heavy atom. The summed E-state index contributed by atoms with van der Waals surface area (Å²) in [5, 5.41) is 2.73. The van der Waals surface area contributed by atoms with Crippen LogP contribution in [0.5, 0.6) is 11.5 Å². The molecule has 4 aromatic rings. The number of aromatic nitrogens is 2. The summed E-state index contributed by atoms with van der Waals surface area (Å²) in [6.45, 7) is 4.46. The summed E-state index contributed by atoms with van der Waals surface area (Å²) in [4.78, 5) is 64.0. The van der Waals surface area contributed by atoms with Crippen LogP contribution in [0, 0.1) is 0 Å². The lowest BCUT2D eigenvalue weighted by molar-refractivity contribution is -0.136. The van der Waals surface area contributed by atoms with Crippen molar-refractivity contribution in [3.8, 4) is 22.9 Å². The van der Waals surface area contributed by atoms with Crippen molar-refractivity contribution in [1.82, 2.24) is 25.1 Å². The number of piperazine rings is 1. The molecule has 7 rings (SSSR count). The topological polar surface area (TPSA) is 137 Å². The van der Waals surface area contributed by atoms with Gasteiger partial charge in [0.05, 0.1) is 19.7 Å². The number of methoxy groups -OCH3 is 2. The van der Waals surface area contributed by atoms with E-state index in [9.17, 15) is 19.2 Å². The molecule has 0 radical (unpaired) electrons. The number of ether oxygens (including phenoxy) is 2. The third kappa shape index (κ3) is 5.74. The molecule has 2 saturated heterocycles. The fourth-order valence-electron chi connectivity index (χ4n) is 6.64. The van der Waals surface area contributed by atoms with Crippen LogP contribution in [0.2, 0.25) is 0 Å². The minimum Gasteiger partial charge on any atom is -0.497 e. The summed E-state index contributed by atoms with van der Waals surface area (Å²) in [5.74, 6) is 0.552. The highest BCUT2D eigenvalue weighted by Crippen LogP contribution is 2.35. The van der Waals surface area contributed by atoms with Crippen LogP contribution in [-0.4, -0.2) is 83.9 Å². The number of hydrogen-bond donors (Lipinski definition) is 2. The van der Waals surface area contributed by atoms with Gasteiger partial charge < -0.3 is 24.3 Å². The summed E-state index contributed by atoms with van der Waals surface area (Å²) in [6.07, 6.45) is 0.570. The number of piperidine rings is 1. The van der Waals surface area contributed by atoms with E-state index < -0.39 is 11.9 Å². The number of nitrogens with zero attached hydrogens (tertiary/aromatic N) is 4. The summed E-state index contributed by atoms with van der Waals surface area (Å²) >= 11 is 3.76. The Hall–Kier alpha value is -4.75. The Kier molecular flexibility index (Phi) is 8.18. The van der Waals surface area contributed by atoms with Gasteiger partial charge in [-0.1, -0.05) is 22.0 Å². The molecule has 0 spiro atoms. The predicted molar refractivity (Wildman–Crippen MR) is 179 cm³/mol. The number of amides is 3. The van der Waals surface area contributed by atoms with Gasteiger partial charge in [0.1, 0.15) is 28.8 Å². The maximum absolute atomic E-state index is 13.2. The predicted octanol–water partition coefficient (Wildman–Crippen LogP) is 3.45. The van der Waals surface area contributed by atoms with Crippen molar-refractivity contribution >= 4 is 50.2 Å². The monoisotopic (exact) mass is 700 g/mol. The quantitative estimate of drug-likeness (QED) is 0.278. The molecule has 2 N–H and O–H groups in total. The first kappa shape index (κ1) is 30.9. The Morgan fingerprint density at radius 2 is 1.72 bits per heavy atom. The van der Waals surface area contributed by atoms with Crippen LogP contribution >= 0.6 is 15.9 Å². The number of anilines is 1. The van der Waals surface area contributed by atoms with E-state index >= 15 is 0 Å². The Morgan fingerprint density at radius 1 is 0.957 bits per heavy atom. The van der Waals surface area contributed by atoms with E-state index in [1.54, 1.807) is 24.1 Å². The molecule has 12 nitrogen and oxygen atoms in total. The van der Waals surface area contributed by atoms with E-state index in [0.29, 0.717) is 46.8 Å². The number of fused-ring (bicyclic) bond motifs is 2. The third-order valence-corrected chi connectivity index (χ3v) is 10.2. The molecule has 13 heteroatoms. The van der Waals surface area contributed by atoms with E-state index in [1.165, 1.54) is 7.11 Å². The Bertz CT molecular complexity index is 1970. The van der Waals surface area contributed by atoms with Crippen LogP contribution in [0.1, 0.15) is 34.3 Å². The molecule has 0 bridgehead atoms. The van der Waals surface area contributed by atoms with Crippen molar-refractivity contribution in [2.45, 2.75) is 32.0 Å². The molecule has 47 heavy (non-hydrogen) atoms. The van der Waals surface area contributed by atoms with Crippen molar-refractivity contribution in [3.05, 3.63) is 80.0 Å². The average Bonchev–Trinajstić information content (AvgIpc) is 3.42. The van der Waals surface area contributed by atoms with Crippen LogP contribution in [0.15, 0.2) is 57.8 Å². The van der Waals surface area contributed by atoms with E-state index in [2.05, 4.69) is 36.0 Å². The van der Waals surface area contributed by atoms with Crippen molar-refractivity contribution in [2.75, 3.05) is 45.3 Å². The SMILES string of the molecule is COc1cc(OC)c2c(=O)[nH]c(-c3ccc(N4CCN(Cc5ccc6c(c5Br)CN(C5CCC(=O)NC5=O)C6=O)CC4)cc3)nc2c1. The van der Waals surface area contributed by atoms with E-state index in [1.807, 2.05) is 36.4 Å². The van der Waals surface area contributed by atoms with Crippen LogP contribution in [0.3, 0.4) is 0 Å². The van der Waals surface area contributed by atoms with Crippen LogP contribution in [0.4, 0.5) is 5.69 Å². The van der Waals surface area contributed by atoms with Crippen molar-refractivity contribution in [3.63, 3.8) is 0 Å². The number of imide groups is 1. The van der Waals surface area contributed by atoms with Gasteiger partial charge in [-0.15, -0.1) is 0 Å². The summed E-state index contributed by atoms with van der Waals surface area (Å²) in [6, 6.07) is 14.6. The number of benzene rings is 3. The second-order valence-corrected chi connectivity index (χ2v) is 12.7. The standard InChI is InChI=1S/C34H33BrN6O6/c1-46-22-15-25-29(27(16-22)47-2)33(44)38-31(36-25)19-3-6-21(7-4-19)40-13-11-39(12-14-40)17-20-5-8-23-24(30(20)35)18-41(34(23)45)26-9-10-28(42)37-32(26)43/h3-8,15-16,26H,9-14,17-18H2,1-2H3,(H,36,38,44)(H,37,42,43). The van der Waals surface area contributed by atoms with Gasteiger partial charge in [0.25, 0.3) is 11.5 Å². The van der Waals surface area contributed by atoms with Gasteiger partial charge in [-0.3, -0.25) is 29.4 Å². The molecule has 1 atom stereocenters. The highest BCUT2D eigenvalue weighted by atomic mass is 79.9. The van der Waals surface area contributed by atoms with Crippen LogP contribution in [-0.2, 0) is 22.7 Å². The zero-order chi connectivity index (χ0) is 32.8. The molecular weight excluding hydrogens is 668 g/mol.